The minimum Gasteiger partial charge on any atom is -0.510 e. The topological polar surface area (TPSA) is 178 Å². The van der Waals surface area contributed by atoms with Gasteiger partial charge < -0.3 is 26.2 Å². The van der Waals surface area contributed by atoms with Crippen LogP contribution >= 0.6 is 11.6 Å². The summed E-state index contributed by atoms with van der Waals surface area (Å²) >= 11 is 6.58. The quantitative estimate of drug-likeness (QED) is 0.209. The standard InChI is InChI=1S/C22H21ClN2O8/c1-7-8-5-4-6-9(26)10(8)17(29)21(23)12(7)16(28)13-14(25(2)3)15(27)11(19(24)31)18(30)22(13,33)20(21)32/h4-6,12-14,16,26-28,33H,1H2,2-3H3,(H2,24,31). The van der Waals surface area contributed by atoms with Crippen LogP contribution in [0.4, 0.5) is 0 Å². The van der Waals surface area contributed by atoms with E-state index in [0.29, 0.717) is 0 Å². The maximum absolute atomic E-state index is 13.8. The second-order valence-electron chi connectivity index (χ2n) is 8.72. The van der Waals surface area contributed by atoms with Crippen molar-refractivity contribution in [1.82, 2.24) is 4.90 Å². The van der Waals surface area contributed by atoms with Gasteiger partial charge in [-0.25, -0.2) is 0 Å². The molecular weight excluding hydrogens is 456 g/mol. The van der Waals surface area contributed by atoms with Gasteiger partial charge in [0.2, 0.25) is 11.6 Å². The number of hydrogen-bond donors (Lipinski definition) is 5. The molecule has 0 bridgehead atoms. The molecule has 3 aliphatic carbocycles. The lowest BCUT2D eigenvalue weighted by Crippen LogP contribution is -2.78. The Bertz CT molecular complexity index is 1210. The first-order valence-electron chi connectivity index (χ1n) is 9.88. The largest absolute Gasteiger partial charge is 0.510 e. The van der Waals surface area contributed by atoms with Gasteiger partial charge in [0, 0.05) is 5.92 Å². The predicted octanol–water partition coefficient (Wildman–Crippen LogP) is -0.703. The summed E-state index contributed by atoms with van der Waals surface area (Å²) < 4.78 is 0. The summed E-state index contributed by atoms with van der Waals surface area (Å²) in [6, 6.07) is 2.65. The zero-order valence-electron chi connectivity index (χ0n) is 17.6. The molecule has 1 aromatic carbocycles. The van der Waals surface area contributed by atoms with Crippen LogP contribution in [0.3, 0.4) is 0 Å². The molecule has 1 fully saturated rings. The number of primary amides is 1. The maximum Gasteiger partial charge on any atom is 0.255 e. The number of carbonyl (C=O) groups is 4. The third-order valence-electron chi connectivity index (χ3n) is 6.87. The molecule has 0 saturated heterocycles. The van der Waals surface area contributed by atoms with Crippen molar-refractivity contribution in [2.45, 2.75) is 22.6 Å². The molecule has 0 spiro atoms. The Morgan fingerprint density at radius 2 is 1.79 bits per heavy atom. The summed E-state index contributed by atoms with van der Waals surface area (Å²) in [4.78, 5) is 51.0. The highest BCUT2D eigenvalue weighted by atomic mass is 35.5. The van der Waals surface area contributed by atoms with Crippen LogP contribution in [0.25, 0.3) is 5.57 Å². The van der Waals surface area contributed by atoms with Crippen LogP contribution in [0.1, 0.15) is 15.9 Å². The van der Waals surface area contributed by atoms with Crippen molar-refractivity contribution < 1.29 is 39.6 Å². The highest BCUT2D eigenvalue weighted by Crippen LogP contribution is 2.58. The number of rotatable bonds is 2. The van der Waals surface area contributed by atoms with E-state index in [9.17, 15) is 39.6 Å². The molecule has 33 heavy (non-hydrogen) atoms. The number of aromatic hydroxyl groups is 1. The molecule has 1 aromatic rings. The number of phenolic OH excluding ortho intramolecular Hbond substituents is 1. The normalized spacial score (nSPS) is 35.9. The summed E-state index contributed by atoms with van der Waals surface area (Å²) in [5.74, 6) is -10.2. The van der Waals surface area contributed by atoms with Gasteiger partial charge in [-0.15, -0.1) is 11.6 Å². The van der Waals surface area contributed by atoms with Gasteiger partial charge in [-0.2, -0.15) is 0 Å². The lowest BCUT2D eigenvalue weighted by Gasteiger charge is -2.56. The molecule has 11 heteroatoms. The third-order valence-corrected chi connectivity index (χ3v) is 7.45. The van der Waals surface area contributed by atoms with Crippen LogP contribution in [0.2, 0.25) is 0 Å². The van der Waals surface area contributed by atoms with Gasteiger partial charge >= 0.3 is 0 Å². The highest BCUT2D eigenvalue weighted by molar-refractivity contribution is 6.54. The van der Waals surface area contributed by atoms with Gasteiger partial charge in [-0.3, -0.25) is 24.1 Å². The van der Waals surface area contributed by atoms with E-state index in [4.69, 9.17) is 17.3 Å². The summed E-state index contributed by atoms with van der Waals surface area (Å²) in [5, 5.41) is 43.9. The van der Waals surface area contributed by atoms with Crippen molar-refractivity contribution in [1.29, 1.82) is 0 Å². The number of nitrogens with two attached hydrogens (primary N) is 1. The first-order valence-corrected chi connectivity index (χ1v) is 10.3. The Labute approximate surface area is 192 Å². The number of benzene rings is 1. The number of hydrogen-bond acceptors (Lipinski definition) is 9. The first-order chi connectivity index (χ1) is 15.2. The van der Waals surface area contributed by atoms with E-state index in [1.807, 2.05) is 0 Å². The fourth-order valence-electron chi connectivity index (χ4n) is 5.44. The number of ketones is 3. The fraction of sp³-hybridized carbons (Fsp3) is 0.364. The molecule has 0 heterocycles. The van der Waals surface area contributed by atoms with E-state index in [1.165, 1.54) is 37.2 Å². The van der Waals surface area contributed by atoms with Crippen molar-refractivity contribution in [3.05, 3.63) is 47.2 Å². The van der Waals surface area contributed by atoms with Gasteiger partial charge in [-0.05, 0) is 31.3 Å². The molecule has 174 valence electrons. The Kier molecular flexibility index (Phi) is 4.89. The van der Waals surface area contributed by atoms with Gasteiger partial charge in [0.15, 0.2) is 16.3 Å². The number of carbonyl (C=O) groups excluding carboxylic acids is 4. The van der Waals surface area contributed by atoms with E-state index >= 15 is 0 Å². The van der Waals surface area contributed by atoms with E-state index < -0.39 is 74.8 Å². The van der Waals surface area contributed by atoms with Gasteiger partial charge in [0.25, 0.3) is 5.91 Å². The van der Waals surface area contributed by atoms with Gasteiger partial charge in [0.05, 0.1) is 23.6 Å². The second-order valence-corrected chi connectivity index (χ2v) is 9.31. The van der Waals surface area contributed by atoms with Crippen molar-refractivity contribution in [2.75, 3.05) is 14.1 Å². The molecule has 6 N–H and O–H groups in total. The molecule has 6 atom stereocenters. The number of aliphatic hydroxyl groups excluding tert-OH is 2. The molecular formula is C22H21ClN2O8. The Balaban J connectivity index is 2.06. The van der Waals surface area contributed by atoms with Crippen LogP contribution in [-0.4, -0.2) is 85.3 Å². The number of likely N-dealkylation sites (N-methyl/N-ethyl adjacent to an activating group) is 1. The van der Waals surface area contributed by atoms with Gasteiger partial charge in [-0.1, -0.05) is 18.7 Å². The lowest BCUT2D eigenvalue weighted by atomic mass is 9.51. The Morgan fingerprint density at radius 1 is 1.18 bits per heavy atom. The Morgan fingerprint density at radius 3 is 2.33 bits per heavy atom. The van der Waals surface area contributed by atoms with Crippen LogP contribution in [-0.2, 0) is 14.4 Å². The number of alkyl halides is 1. The predicted molar refractivity (Wildman–Crippen MR) is 114 cm³/mol. The minimum absolute atomic E-state index is 0.0209. The van der Waals surface area contributed by atoms with Crippen molar-refractivity contribution in [3.63, 3.8) is 0 Å². The second kappa shape index (κ2) is 6.97. The lowest BCUT2D eigenvalue weighted by molar-refractivity contribution is -0.180. The Hall–Kier alpha value is -3.05. The molecule has 4 rings (SSSR count). The monoisotopic (exact) mass is 476 g/mol. The van der Waals surface area contributed by atoms with Gasteiger partial charge in [0.1, 0.15) is 17.1 Å². The van der Waals surface area contributed by atoms with Crippen LogP contribution in [0.5, 0.6) is 5.75 Å². The third kappa shape index (κ3) is 2.54. The average molecular weight is 477 g/mol. The first kappa shape index (κ1) is 23.1. The maximum atomic E-state index is 13.8. The van der Waals surface area contributed by atoms with E-state index in [0.717, 1.165) is 0 Å². The molecule has 1 amide bonds. The number of Topliss-reactive ketones (excluding diaryl/α,β-unsaturated/α-hetero) is 3. The number of halogens is 1. The van der Waals surface area contributed by atoms with E-state index in [-0.39, 0.29) is 16.7 Å². The zero-order chi connectivity index (χ0) is 24.8. The molecule has 10 nitrogen and oxygen atoms in total. The number of fused-ring (bicyclic) bond motifs is 3. The van der Waals surface area contributed by atoms with Crippen molar-refractivity contribution in [3.8, 4) is 5.75 Å². The van der Waals surface area contributed by atoms with Crippen LogP contribution in [0, 0.1) is 11.8 Å². The molecule has 3 aliphatic rings. The SMILES string of the molecule is C=C1c2cccc(O)c2C(=O)C2(Cl)C(=O)C3(O)C(=O)C(C(N)=O)=C(O)C(N(C)C)C3C(O)C12. The number of amides is 1. The van der Waals surface area contributed by atoms with Crippen LogP contribution < -0.4 is 5.73 Å². The fourth-order valence-corrected chi connectivity index (χ4v) is 5.94. The van der Waals surface area contributed by atoms with Crippen molar-refractivity contribution in [2.24, 2.45) is 17.6 Å². The molecule has 0 aliphatic heterocycles. The van der Waals surface area contributed by atoms with E-state index in [2.05, 4.69) is 6.58 Å². The average Bonchev–Trinajstić information content (AvgIpc) is 2.72. The summed E-state index contributed by atoms with van der Waals surface area (Å²) in [5.41, 5.74) is 0.840. The zero-order valence-corrected chi connectivity index (χ0v) is 18.3. The molecule has 6 unspecified atom stereocenters. The molecule has 1 saturated carbocycles. The number of nitrogens with zero attached hydrogens (tertiary/aromatic N) is 1. The highest BCUT2D eigenvalue weighted by Gasteiger charge is 2.75. The molecule has 0 aromatic heterocycles. The summed E-state index contributed by atoms with van der Waals surface area (Å²) in [6.45, 7) is 3.87. The number of phenols is 1. The number of aliphatic hydroxyl groups is 3. The van der Waals surface area contributed by atoms with Crippen LogP contribution in [0.15, 0.2) is 36.1 Å². The van der Waals surface area contributed by atoms with E-state index in [1.54, 1.807) is 0 Å². The van der Waals surface area contributed by atoms with Crippen molar-refractivity contribution >= 4 is 40.4 Å². The summed E-state index contributed by atoms with van der Waals surface area (Å²) in [7, 11) is 2.84. The molecule has 0 radical (unpaired) electrons. The summed E-state index contributed by atoms with van der Waals surface area (Å²) in [6.07, 6.45) is -1.86. The smallest absolute Gasteiger partial charge is 0.255 e. The minimum atomic E-state index is -3.18.